The predicted molar refractivity (Wildman–Crippen MR) is 156 cm³/mol. The number of likely N-dealkylation sites (tertiary alicyclic amines) is 2. The molecule has 0 aromatic heterocycles. The molecule has 232 valence electrons. The van der Waals surface area contributed by atoms with E-state index in [-0.39, 0.29) is 46.9 Å². The van der Waals surface area contributed by atoms with E-state index in [4.69, 9.17) is 27.9 Å². The van der Waals surface area contributed by atoms with Gasteiger partial charge in [0, 0.05) is 56.0 Å². The van der Waals surface area contributed by atoms with Gasteiger partial charge in [0.15, 0.2) is 0 Å². The molecule has 5 rings (SSSR count). The third-order valence-electron chi connectivity index (χ3n) is 9.19. The van der Waals surface area contributed by atoms with Gasteiger partial charge in [-0.3, -0.25) is 14.4 Å². The van der Waals surface area contributed by atoms with E-state index in [0.29, 0.717) is 42.5 Å². The lowest BCUT2D eigenvalue weighted by Crippen LogP contribution is -2.46. The Labute approximate surface area is 258 Å². The molecule has 12 heteroatoms. The molecule has 2 atom stereocenters. The molecule has 1 saturated carbocycles. The minimum atomic E-state index is -4.71. The fourth-order valence-corrected chi connectivity index (χ4v) is 6.52. The van der Waals surface area contributed by atoms with Crippen LogP contribution in [0.2, 0.25) is 10.0 Å². The maximum absolute atomic E-state index is 13.8. The van der Waals surface area contributed by atoms with Crippen molar-refractivity contribution in [2.24, 2.45) is 11.3 Å². The van der Waals surface area contributed by atoms with Crippen molar-refractivity contribution in [2.45, 2.75) is 50.7 Å². The van der Waals surface area contributed by atoms with E-state index in [1.807, 2.05) is 11.8 Å². The Bertz CT molecular complexity index is 1420. The zero-order valence-corrected chi connectivity index (χ0v) is 25.7. The lowest BCUT2D eigenvalue weighted by Gasteiger charge is -2.34. The van der Waals surface area contributed by atoms with E-state index < -0.39 is 23.7 Å². The Morgan fingerprint density at radius 2 is 1.65 bits per heavy atom. The average Bonchev–Trinajstić information content (AvgIpc) is 3.59. The van der Waals surface area contributed by atoms with Gasteiger partial charge in [0.2, 0.25) is 11.8 Å². The number of likely N-dealkylation sites (N-methyl/N-ethyl adjacent to an activating group) is 1. The minimum Gasteiger partial charge on any atom is -0.496 e. The number of hydrogen-bond donors (Lipinski definition) is 0. The summed E-state index contributed by atoms with van der Waals surface area (Å²) in [5.74, 6) is -1.51. The number of piperidine rings is 1. The Morgan fingerprint density at radius 3 is 2.23 bits per heavy atom. The highest BCUT2D eigenvalue weighted by Gasteiger charge is 2.48. The third-order valence-corrected chi connectivity index (χ3v) is 9.93. The Balaban J connectivity index is 1.37. The molecule has 3 amide bonds. The molecule has 2 aliphatic heterocycles. The van der Waals surface area contributed by atoms with E-state index in [2.05, 4.69) is 0 Å². The molecule has 0 bridgehead atoms. The number of carbonyl (C=O) groups excluding carboxylic acids is 3. The lowest BCUT2D eigenvalue weighted by atomic mass is 9.92. The number of amides is 3. The molecular formula is C31H34Cl2F3N3O4. The number of nitrogens with zero attached hydrogens (tertiary/aromatic N) is 3. The number of carbonyl (C=O) groups is 3. The first kappa shape index (κ1) is 31.4. The molecule has 0 N–H and O–H groups in total. The van der Waals surface area contributed by atoms with Crippen LogP contribution < -0.4 is 4.74 Å². The molecule has 3 fully saturated rings. The number of rotatable bonds is 6. The lowest BCUT2D eigenvalue weighted by molar-refractivity contribution is -0.142. The van der Waals surface area contributed by atoms with Gasteiger partial charge >= 0.3 is 6.18 Å². The second-order valence-electron chi connectivity index (χ2n) is 12.0. The number of hydrogen-bond acceptors (Lipinski definition) is 4. The molecule has 1 aliphatic carbocycles. The number of ether oxygens (including phenoxy) is 1. The van der Waals surface area contributed by atoms with Crippen LogP contribution in [0.15, 0.2) is 36.4 Å². The number of benzene rings is 2. The van der Waals surface area contributed by atoms with Gasteiger partial charge in [-0.2, -0.15) is 13.2 Å². The first-order valence-corrected chi connectivity index (χ1v) is 15.0. The minimum absolute atomic E-state index is 0.0538. The summed E-state index contributed by atoms with van der Waals surface area (Å²) in [6.07, 6.45) is -1.80. The van der Waals surface area contributed by atoms with Gasteiger partial charge in [0.25, 0.3) is 5.91 Å². The van der Waals surface area contributed by atoms with Crippen molar-refractivity contribution in [1.82, 2.24) is 14.7 Å². The second kappa shape index (κ2) is 11.8. The molecule has 43 heavy (non-hydrogen) atoms. The van der Waals surface area contributed by atoms with Crippen LogP contribution in [0.5, 0.6) is 5.75 Å². The van der Waals surface area contributed by atoms with E-state index in [9.17, 15) is 27.6 Å². The molecule has 7 nitrogen and oxygen atoms in total. The summed E-state index contributed by atoms with van der Waals surface area (Å²) in [6, 6.07) is 7.82. The molecule has 2 aromatic rings. The van der Waals surface area contributed by atoms with Crippen LogP contribution in [0.1, 0.15) is 60.0 Å². The van der Waals surface area contributed by atoms with Gasteiger partial charge in [0.05, 0.1) is 28.8 Å². The fourth-order valence-electron chi connectivity index (χ4n) is 6.22. The van der Waals surface area contributed by atoms with Crippen molar-refractivity contribution in [3.05, 3.63) is 63.1 Å². The first-order chi connectivity index (χ1) is 20.2. The van der Waals surface area contributed by atoms with Crippen molar-refractivity contribution in [1.29, 1.82) is 0 Å². The molecule has 2 heterocycles. The van der Waals surface area contributed by atoms with Gasteiger partial charge in [-0.25, -0.2) is 0 Å². The maximum atomic E-state index is 13.8. The van der Waals surface area contributed by atoms with Gasteiger partial charge in [-0.05, 0) is 61.6 Å². The van der Waals surface area contributed by atoms with Crippen molar-refractivity contribution < 1.29 is 32.3 Å². The zero-order chi connectivity index (χ0) is 31.3. The fraction of sp³-hybridized carbons (Fsp3) is 0.516. The largest absolute Gasteiger partial charge is 0.496 e. The van der Waals surface area contributed by atoms with Crippen molar-refractivity contribution >= 4 is 40.9 Å². The van der Waals surface area contributed by atoms with E-state index in [1.54, 1.807) is 23.1 Å². The van der Waals surface area contributed by atoms with E-state index in [1.165, 1.54) is 18.0 Å². The summed E-state index contributed by atoms with van der Waals surface area (Å²) < 4.78 is 45.9. The SMILES string of the molecule is COc1ccc(C(=O)N(C)[C@H]2CN(C(=O)C3CCN(C(=O)C4(C)CC4)CC3)C[C@@H]2c2ccc(Cl)c(Cl)c2)cc1C(F)(F)F. The quantitative estimate of drug-likeness (QED) is 0.382. The second-order valence-corrected chi connectivity index (χ2v) is 12.9. The molecule has 3 aliphatic rings. The summed E-state index contributed by atoms with van der Waals surface area (Å²) in [4.78, 5) is 45.1. The van der Waals surface area contributed by atoms with Crippen LogP contribution in [0.25, 0.3) is 0 Å². The highest BCUT2D eigenvalue weighted by molar-refractivity contribution is 6.42. The topological polar surface area (TPSA) is 70.2 Å². The Hall–Kier alpha value is -2.98. The molecule has 2 saturated heterocycles. The van der Waals surface area contributed by atoms with Crippen LogP contribution in [0.4, 0.5) is 13.2 Å². The van der Waals surface area contributed by atoms with Gasteiger partial charge in [-0.1, -0.05) is 36.2 Å². The van der Waals surface area contributed by atoms with Crippen molar-refractivity contribution in [3.8, 4) is 5.75 Å². The van der Waals surface area contributed by atoms with Gasteiger partial charge in [-0.15, -0.1) is 0 Å². The van der Waals surface area contributed by atoms with Crippen molar-refractivity contribution in [3.63, 3.8) is 0 Å². The van der Waals surface area contributed by atoms with Crippen LogP contribution >= 0.6 is 23.2 Å². The monoisotopic (exact) mass is 639 g/mol. The zero-order valence-electron chi connectivity index (χ0n) is 24.2. The number of halogens is 5. The summed E-state index contributed by atoms with van der Waals surface area (Å²) in [5.41, 5.74) is -0.680. The molecule has 0 unspecified atom stereocenters. The van der Waals surface area contributed by atoms with Crippen LogP contribution in [0.3, 0.4) is 0 Å². The molecule has 2 aromatic carbocycles. The van der Waals surface area contributed by atoms with Gasteiger partial charge in [0.1, 0.15) is 5.75 Å². The van der Waals surface area contributed by atoms with Crippen LogP contribution in [0, 0.1) is 11.3 Å². The highest BCUT2D eigenvalue weighted by Crippen LogP contribution is 2.47. The normalized spacial score (nSPS) is 22.0. The number of methoxy groups -OCH3 is 1. The molecule has 0 radical (unpaired) electrons. The first-order valence-electron chi connectivity index (χ1n) is 14.3. The van der Waals surface area contributed by atoms with Crippen LogP contribution in [-0.4, -0.2) is 78.8 Å². The number of alkyl halides is 3. The summed E-state index contributed by atoms with van der Waals surface area (Å²) >= 11 is 12.5. The maximum Gasteiger partial charge on any atom is 0.419 e. The molecule has 0 spiro atoms. The Kier molecular flexibility index (Phi) is 8.66. The third kappa shape index (κ3) is 6.32. The predicted octanol–water partition coefficient (Wildman–Crippen LogP) is 6.13. The molecular weight excluding hydrogens is 606 g/mol. The standard InChI is InChI=1S/C31H34Cl2F3N3O4/c1-30(10-11-30)29(42)38-12-8-18(9-13-38)28(41)39-16-21(19-4-6-23(32)24(33)15-19)25(17-39)37(2)27(40)20-5-7-26(43-3)22(14-20)31(34,35)36/h4-7,14-15,18,21,25H,8-13,16-17H2,1-3H3/t21-,25+/m1/s1. The van der Waals surface area contributed by atoms with E-state index >= 15 is 0 Å². The highest BCUT2D eigenvalue weighted by atomic mass is 35.5. The summed E-state index contributed by atoms with van der Waals surface area (Å²) in [6.45, 7) is 3.53. The summed E-state index contributed by atoms with van der Waals surface area (Å²) in [7, 11) is 2.67. The van der Waals surface area contributed by atoms with Gasteiger partial charge < -0.3 is 19.4 Å². The van der Waals surface area contributed by atoms with Crippen LogP contribution in [-0.2, 0) is 15.8 Å². The summed E-state index contributed by atoms with van der Waals surface area (Å²) in [5, 5.41) is 0.680. The van der Waals surface area contributed by atoms with E-state index in [0.717, 1.165) is 37.6 Å². The Morgan fingerprint density at radius 1 is 0.977 bits per heavy atom. The van der Waals surface area contributed by atoms with Crippen molar-refractivity contribution in [2.75, 3.05) is 40.3 Å². The smallest absolute Gasteiger partial charge is 0.419 e. The average molecular weight is 641 g/mol.